The summed E-state index contributed by atoms with van der Waals surface area (Å²) in [5.74, 6) is 0. The maximum absolute atomic E-state index is 2.27. The fourth-order valence-corrected chi connectivity index (χ4v) is 10.7. The summed E-state index contributed by atoms with van der Waals surface area (Å²) >= 11 is 0. The standard InChI is InChI=1S/2C19H18P.C10H8.2Fe/c2*1-3-11-18(12-4-1)20(19-13-5-2-6-14-19)16-15-17-9-7-8-10-17;1-2-6-9(5-1)10-7-3-4-8-10;;/h2*1-14H,15-16H2;1-8H;;/q2*-1;-2;2*+2. The van der Waals surface area contributed by atoms with Crippen LogP contribution < -0.4 is 21.2 Å². The molecule has 0 unspecified atom stereocenters. The second-order valence-corrected chi connectivity index (χ2v) is 16.8. The molecule has 0 bridgehead atoms. The Hall–Kier alpha value is -3.82. The first-order valence-corrected chi connectivity index (χ1v) is 20.5. The van der Waals surface area contributed by atoms with Crippen molar-refractivity contribution in [1.29, 1.82) is 0 Å². The van der Waals surface area contributed by atoms with E-state index >= 15 is 0 Å². The van der Waals surface area contributed by atoms with E-state index in [9.17, 15) is 0 Å². The van der Waals surface area contributed by atoms with Gasteiger partial charge < -0.3 is 6.42 Å². The Balaban J connectivity index is 0.000000180. The average molecular weight is 795 g/mol. The Labute approximate surface area is 335 Å². The van der Waals surface area contributed by atoms with Crippen molar-refractivity contribution in [2.45, 2.75) is 12.8 Å². The maximum atomic E-state index is 2.27. The van der Waals surface area contributed by atoms with Crippen LogP contribution in [0.15, 0.2) is 217 Å². The van der Waals surface area contributed by atoms with E-state index in [1.807, 2.05) is 0 Å². The van der Waals surface area contributed by atoms with Crippen molar-refractivity contribution in [3.63, 3.8) is 0 Å². The molecule has 0 N–H and O–H groups in total. The fraction of sp³-hybridized carbons (Fsp3) is 0.0833. The summed E-state index contributed by atoms with van der Waals surface area (Å²) < 4.78 is 0. The summed E-state index contributed by atoms with van der Waals surface area (Å²) in [5.41, 5.74) is 5.52. The maximum Gasteiger partial charge on any atom is 2.00 e. The van der Waals surface area contributed by atoms with Crippen molar-refractivity contribution in [2.24, 2.45) is 0 Å². The minimum atomic E-state index is -0.256. The normalized spacial score (nSPS) is 12.2. The first kappa shape index (κ1) is 40.9. The van der Waals surface area contributed by atoms with Crippen LogP contribution in [-0.4, -0.2) is 12.3 Å². The van der Waals surface area contributed by atoms with Gasteiger partial charge in [-0.3, -0.25) is 11.6 Å². The van der Waals surface area contributed by atoms with E-state index in [-0.39, 0.29) is 50.0 Å². The van der Waals surface area contributed by atoms with Crippen molar-refractivity contribution in [3.05, 3.63) is 241 Å². The second kappa shape index (κ2) is 23.0. The number of hydrogen-bond donors (Lipinski definition) is 0. The first-order valence-electron chi connectivity index (χ1n) is 17.4. The molecule has 0 spiro atoms. The van der Waals surface area contributed by atoms with Crippen LogP contribution in [0, 0.1) is 12.8 Å². The van der Waals surface area contributed by atoms with Crippen LogP contribution in [0.4, 0.5) is 0 Å². The fourth-order valence-electron chi connectivity index (χ4n) is 6.02. The predicted molar refractivity (Wildman–Crippen MR) is 222 cm³/mol. The van der Waals surface area contributed by atoms with Gasteiger partial charge in [0.05, 0.1) is 0 Å². The molecule has 6 aromatic carbocycles. The summed E-state index contributed by atoms with van der Waals surface area (Å²) in [6.45, 7) is 0. The minimum Gasteiger partial charge on any atom is -0.303 e. The van der Waals surface area contributed by atoms with Gasteiger partial charge in [-0.1, -0.05) is 133 Å². The number of aryl methyl sites for hydroxylation is 2. The number of rotatable bonds is 10. The minimum absolute atomic E-state index is 0. The summed E-state index contributed by atoms with van der Waals surface area (Å²) in [6.07, 6.45) is 21.5. The van der Waals surface area contributed by atoms with Crippen LogP contribution in [0.2, 0.25) is 0 Å². The molecule has 0 atom stereocenters. The molecule has 52 heavy (non-hydrogen) atoms. The van der Waals surface area contributed by atoms with Crippen molar-refractivity contribution in [1.82, 2.24) is 0 Å². The van der Waals surface area contributed by atoms with Gasteiger partial charge in [0.15, 0.2) is 0 Å². The summed E-state index contributed by atoms with van der Waals surface area (Å²) in [4.78, 5) is 0. The molecule has 2 aliphatic rings. The van der Waals surface area contributed by atoms with Crippen molar-refractivity contribution < 1.29 is 34.1 Å². The van der Waals surface area contributed by atoms with Gasteiger partial charge in [-0.15, -0.1) is 12.2 Å². The van der Waals surface area contributed by atoms with E-state index in [0.717, 1.165) is 12.8 Å². The molecule has 0 fully saturated rings. The van der Waals surface area contributed by atoms with Crippen LogP contribution >= 0.6 is 15.8 Å². The zero-order valence-corrected chi connectivity index (χ0v) is 33.2. The van der Waals surface area contributed by atoms with Crippen LogP contribution in [0.3, 0.4) is 0 Å². The monoisotopic (exact) mass is 794 g/mol. The smallest absolute Gasteiger partial charge is 0.303 e. The zero-order chi connectivity index (χ0) is 34.1. The van der Waals surface area contributed by atoms with E-state index in [1.54, 1.807) is 0 Å². The first-order chi connectivity index (χ1) is 24.8. The van der Waals surface area contributed by atoms with Crippen LogP contribution in [-0.2, 0) is 47.0 Å². The number of benzene rings is 4. The van der Waals surface area contributed by atoms with Gasteiger partial charge in [-0.25, -0.2) is 36.8 Å². The van der Waals surface area contributed by atoms with Crippen molar-refractivity contribution >= 4 is 37.1 Å². The molecule has 262 valence electrons. The second-order valence-electron chi connectivity index (χ2n) is 12.1. The molecule has 0 aliphatic heterocycles. The zero-order valence-electron chi connectivity index (χ0n) is 29.2. The third kappa shape index (κ3) is 12.7. The third-order valence-corrected chi connectivity index (χ3v) is 13.7. The topological polar surface area (TPSA) is 0 Å². The van der Waals surface area contributed by atoms with Gasteiger partial charge in [0.1, 0.15) is 0 Å². The van der Waals surface area contributed by atoms with Gasteiger partial charge in [-0.2, -0.15) is 41.0 Å². The molecule has 0 aromatic heterocycles. The molecular formula is C48H44Fe2P2. The van der Waals surface area contributed by atoms with Crippen molar-refractivity contribution in [3.8, 4) is 0 Å². The number of allylic oxidation sites excluding steroid dienone is 8. The summed E-state index contributed by atoms with van der Waals surface area (Å²) in [7, 11) is -0.511. The third-order valence-electron chi connectivity index (χ3n) is 8.64. The van der Waals surface area contributed by atoms with Gasteiger partial charge in [-0.05, 0) is 62.2 Å². The van der Waals surface area contributed by atoms with Crippen molar-refractivity contribution in [2.75, 3.05) is 12.3 Å². The Morgan fingerprint density at radius 3 is 1.06 bits per heavy atom. The quantitative estimate of drug-likeness (QED) is 0.0736. The molecule has 0 nitrogen and oxygen atoms in total. The molecule has 0 saturated carbocycles. The van der Waals surface area contributed by atoms with Gasteiger partial charge >= 0.3 is 34.1 Å². The van der Waals surface area contributed by atoms with E-state index in [0.29, 0.717) is 0 Å². The van der Waals surface area contributed by atoms with E-state index in [4.69, 9.17) is 0 Å². The average Bonchev–Trinajstić information content (AvgIpc) is 4.04. The number of hydrogen-bond acceptors (Lipinski definition) is 0. The van der Waals surface area contributed by atoms with Gasteiger partial charge in [0, 0.05) is 0 Å². The molecule has 6 aromatic rings. The Morgan fingerprint density at radius 2 is 0.750 bits per heavy atom. The Morgan fingerprint density at radius 1 is 0.404 bits per heavy atom. The molecular weight excluding hydrogens is 750 g/mol. The molecule has 8 rings (SSSR count). The van der Waals surface area contributed by atoms with Crippen LogP contribution in [0.25, 0.3) is 0 Å². The molecule has 0 radical (unpaired) electrons. The van der Waals surface area contributed by atoms with Crippen LogP contribution in [0.5, 0.6) is 0 Å². The van der Waals surface area contributed by atoms with E-state index in [2.05, 4.69) is 219 Å². The van der Waals surface area contributed by atoms with Gasteiger partial charge in [0.2, 0.25) is 0 Å². The molecule has 4 heteroatoms. The summed E-state index contributed by atoms with van der Waals surface area (Å²) in [5, 5.41) is 5.89. The Bertz CT molecular complexity index is 1700. The predicted octanol–water partition coefficient (Wildman–Crippen LogP) is 10.5. The van der Waals surface area contributed by atoms with E-state index < -0.39 is 0 Å². The van der Waals surface area contributed by atoms with Crippen LogP contribution in [0.1, 0.15) is 11.1 Å². The van der Waals surface area contributed by atoms with E-state index in [1.165, 1.54) is 55.8 Å². The molecule has 2 aliphatic carbocycles. The molecule has 0 saturated heterocycles. The largest absolute Gasteiger partial charge is 2.00 e. The molecule has 0 heterocycles. The SMILES string of the molecule is C1=CC(=C2[CH-]C=C[CH-]2)C=C1.[Fe+2].[Fe+2].c1ccc(P(CCc2ccc[cH-]2)c2ccccc2)cc1.c1ccc(P(CCc2ccc[cH-]2)c2ccccc2)cc1. The summed E-state index contributed by atoms with van der Waals surface area (Å²) in [6, 6.07) is 61.1. The van der Waals surface area contributed by atoms with Gasteiger partial charge in [0.25, 0.3) is 0 Å². The molecule has 0 amide bonds. The Kier molecular flexibility index (Phi) is 18.1.